The average molecular weight is 512 g/mol. The summed E-state index contributed by atoms with van der Waals surface area (Å²) in [6.07, 6.45) is 0.904. The first kappa shape index (κ1) is 24.9. The summed E-state index contributed by atoms with van der Waals surface area (Å²) in [6, 6.07) is 12.5. The number of carbonyl (C=O) groups is 1. The second-order valence-electron chi connectivity index (χ2n) is 6.59. The van der Waals surface area contributed by atoms with Crippen molar-refractivity contribution in [3.8, 4) is 0 Å². The third-order valence-electron chi connectivity index (χ3n) is 4.17. The van der Waals surface area contributed by atoms with Gasteiger partial charge in [0.05, 0.1) is 6.54 Å². The lowest BCUT2D eigenvalue weighted by Crippen LogP contribution is -2.36. The van der Waals surface area contributed by atoms with Crippen LogP contribution in [0, 0.1) is 12.7 Å². The zero-order valence-corrected chi connectivity index (χ0v) is 19.5. The Balaban J connectivity index is 0.00000420. The van der Waals surface area contributed by atoms with Crippen molar-refractivity contribution in [3.63, 3.8) is 0 Å². The molecule has 0 heterocycles. The van der Waals surface area contributed by atoms with Crippen molar-refractivity contribution in [2.75, 3.05) is 13.1 Å². The van der Waals surface area contributed by atoms with Crippen LogP contribution in [0.2, 0.25) is 0 Å². The van der Waals surface area contributed by atoms with Crippen LogP contribution in [0.4, 0.5) is 4.39 Å². The number of hydrogen-bond acceptors (Lipinski definition) is 2. The predicted octanol–water partition coefficient (Wildman–Crippen LogP) is 4.15. The topological polar surface area (TPSA) is 65.5 Å². The fourth-order valence-corrected chi connectivity index (χ4v) is 2.67. The molecule has 0 aromatic heterocycles. The number of guanidine groups is 1. The molecule has 0 fully saturated rings. The molecule has 2 rings (SSSR count). The number of halogens is 2. The van der Waals surface area contributed by atoms with E-state index in [4.69, 9.17) is 0 Å². The summed E-state index contributed by atoms with van der Waals surface area (Å²) >= 11 is 0. The Morgan fingerprint density at radius 3 is 2.52 bits per heavy atom. The van der Waals surface area contributed by atoms with Gasteiger partial charge in [-0.2, -0.15) is 0 Å². The summed E-state index contributed by atoms with van der Waals surface area (Å²) in [5, 5.41) is 9.34. The van der Waals surface area contributed by atoms with Gasteiger partial charge in [-0.05, 0) is 55.2 Å². The molecule has 0 aliphatic carbocycles. The Bertz CT molecular complexity index is 826. The summed E-state index contributed by atoms with van der Waals surface area (Å²) < 4.78 is 13.4. The third kappa shape index (κ3) is 8.39. The summed E-state index contributed by atoms with van der Waals surface area (Å²) in [7, 11) is 0. The quantitative estimate of drug-likeness (QED) is 0.283. The molecule has 0 unspecified atom stereocenters. The second-order valence-corrected chi connectivity index (χ2v) is 6.59. The number of rotatable bonds is 8. The molecule has 2 aromatic carbocycles. The molecule has 0 bridgehead atoms. The number of amides is 1. The normalized spacial score (nSPS) is 10.8. The zero-order valence-electron chi connectivity index (χ0n) is 17.2. The van der Waals surface area contributed by atoms with E-state index in [0.717, 1.165) is 24.1 Å². The number of aliphatic imine (C=N–C) groups is 1. The lowest BCUT2D eigenvalue weighted by molar-refractivity contribution is 0.0953. The molecule has 3 N–H and O–H groups in total. The van der Waals surface area contributed by atoms with Crippen LogP contribution in [0.5, 0.6) is 0 Å². The molecule has 0 saturated carbocycles. The van der Waals surface area contributed by atoms with Gasteiger partial charge in [0.2, 0.25) is 0 Å². The maximum atomic E-state index is 13.4. The van der Waals surface area contributed by atoms with E-state index in [1.807, 2.05) is 38.1 Å². The monoisotopic (exact) mass is 512 g/mol. The molecule has 0 spiro atoms. The highest BCUT2D eigenvalue weighted by molar-refractivity contribution is 14.0. The van der Waals surface area contributed by atoms with E-state index >= 15 is 0 Å². The van der Waals surface area contributed by atoms with Gasteiger partial charge in [-0.15, -0.1) is 24.0 Å². The molecular weight excluding hydrogens is 482 g/mol. The molecule has 0 aliphatic rings. The van der Waals surface area contributed by atoms with Gasteiger partial charge in [0.1, 0.15) is 5.82 Å². The number of nitrogens with zero attached hydrogens (tertiary/aromatic N) is 1. The van der Waals surface area contributed by atoms with Crippen LogP contribution in [0.25, 0.3) is 0 Å². The minimum Gasteiger partial charge on any atom is -0.357 e. The maximum Gasteiger partial charge on any atom is 0.251 e. The van der Waals surface area contributed by atoms with Crippen LogP contribution in [-0.4, -0.2) is 25.0 Å². The van der Waals surface area contributed by atoms with E-state index < -0.39 is 0 Å². The SMILES string of the molecule is CCCNC(=O)c1cccc(CN=C(NCC)NCc2ccc(F)c(C)c2)c1.I. The minimum atomic E-state index is -0.202. The fourth-order valence-electron chi connectivity index (χ4n) is 2.67. The second kappa shape index (κ2) is 13.1. The molecule has 1 amide bonds. The molecule has 158 valence electrons. The fraction of sp³-hybridized carbons (Fsp3) is 0.364. The van der Waals surface area contributed by atoms with Crippen LogP contribution in [0.3, 0.4) is 0 Å². The van der Waals surface area contributed by atoms with Gasteiger partial charge in [0.25, 0.3) is 5.91 Å². The number of benzene rings is 2. The van der Waals surface area contributed by atoms with E-state index in [0.29, 0.717) is 36.7 Å². The Labute approximate surface area is 189 Å². The van der Waals surface area contributed by atoms with Crippen molar-refractivity contribution in [2.45, 2.75) is 40.3 Å². The van der Waals surface area contributed by atoms with Crippen molar-refractivity contribution >= 4 is 35.8 Å². The van der Waals surface area contributed by atoms with Crippen LogP contribution < -0.4 is 16.0 Å². The zero-order chi connectivity index (χ0) is 20.4. The van der Waals surface area contributed by atoms with Crippen LogP contribution in [0.1, 0.15) is 47.3 Å². The maximum absolute atomic E-state index is 13.4. The van der Waals surface area contributed by atoms with Gasteiger partial charge < -0.3 is 16.0 Å². The summed E-state index contributed by atoms with van der Waals surface area (Å²) in [5.41, 5.74) is 3.21. The summed E-state index contributed by atoms with van der Waals surface area (Å²) in [5.74, 6) is 0.405. The number of aryl methyl sites for hydroxylation is 1. The van der Waals surface area contributed by atoms with Crippen molar-refractivity contribution in [1.29, 1.82) is 0 Å². The number of nitrogens with one attached hydrogen (secondary N) is 3. The predicted molar refractivity (Wildman–Crippen MR) is 127 cm³/mol. The highest BCUT2D eigenvalue weighted by Gasteiger charge is 2.06. The van der Waals surface area contributed by atoms with Crippen LogP contribution >= 0.6 is 24.0 Å². The number of hydrogen-bond donors (Lipinski definition) is 3. The summed E-state index contributed by atoms with van der Waals surface area (Å²) in [6.45, 7) is 8.17. The van der Waals surface area contributed by atoms with Gasteiger partial charge in [-0.3, -0.25) is 4.79 Å². The van der Waals surface area contributed by atoms with Gasteiger partial charge >= 0.3 is 0 Å². The first-order valence-corrected chi connectivity index (χ1v) is 9.67. The van der Waals surface area contributed by atoms with E-state index in [9.17, 15) is 9.18 Å². The van der Waals surface area contributed by atoms with Gasteiger partial charge in [-0.25, -0.2) is 9.38 Å². The Kier molecular flexibility index (Phi) is 11.3. The highest BCUT2D eigenvalue weighted by Crippen LogP contribution is 2.09. The third-order valence-corrected chi connectivity index (χ3v) is 4.17. The highest BCUT2D eigenvalue weighted by atomic mass is 127. The smallest absolute Gasteiger partial charge is 0.251 e. The van der Waals surface area contributed by atoms with Gasteiger partial charge in [-0.1, -0.05) is 31.2 Å². The van der Waals surface area contributed by atoms with Crippen LogP contribution in [-0.2, 0) is 13.1 Å². The molecule has 5 nitrogen and oxygen atoms in total. The first-order chi connectivity index (χ1) is 13.5. The van der Waals surface area contributed by atoms with E-state index in [2.05, 4.69) is 20.9 Å². The van der Waals surface area contributed by atoms with Gasteiger partial charge in [0.15, 0.2) is 5.96 Å². The van der Waals surface area contributed by atoms with Gasteiger partial charge in [0, 0.05) is 25.2 Å². The molecule has 7 heteroatoms. The summed E-state index contributed by atoms with van der Waals surface area (Å²) in [4.78, 5) is 16.7. The molecule has 0 atom stereocenters. The molecule has 2 aromatic rings. The van der Waals surface area contributed by atoms with Crippen molar-refractivity contribution in [2.24, 2.45) is 4.99 Å². The lowest BCUT2D eigenvalue weighted by Gasteiger charge is -2.12. The largest absolute Gasteiger partial charge is 0.357 e. The Morgan fingerprint density at radius 2 is 1.83 bits per heavy atom. The lowest BCUT2D eigenvalue weighted by atomic mass is 10.1. The van der Waals surface area contributed by atoms with E-state index in [1.54, 1.807) is 19.1 Å². The minimum absolute atomic E-state index is 0. The Morgan fingerprint density at radius 1 is 1.03 bits per heavy atom. The van der Waals surface area contributed by atoms with Crippen LogP contribution in [0.15, 0.2) is 47.5 Å². The molecule has 0 saturated heterocycles. The molecule has 0 radical (unpaired) electrons. The van der Waals surface area contributed by atoms with Crippen molar-refractivity contribution < 1.29 is 9.18 Å². The van der Waals surface area contributed by atoms with E-state index in [1.165, 1.54) is 6.07 Å². The van der Waals surface area contributed by atoms with Crippen molar-refractivity contribution in [3.05, 3.63) is 70.5 Å². The van der Waals surface area contributed by atoms with Crippen molar-refractivity contribution in [1.82, 2.24) is 16.0 Å². The molecule has 29 heavy (non-hydrogen) atoms. The Hall–Kier alpha value is -2.16. The number of carbonyl (C=O) groups excluding carboxylic acids is 1. The standard InChI is InChI=1S/C22H29FN4O.HI/c1-4-11-25-21(28)19-8-6-7-17(13-19)14-26-22(24-5-2)27-15-18-9-10-20(23)16(3)12-18;/h6-10,12-13H,4-5,11,14-15H2,1-3H3,(H,25,28)(H2,24,26,27);1H. The average Bonchev–Trinajstić information content (AvgIpc) is 2.71. The molecule has 0 aliphatic heterocycles. The molecular formula is C22H30FIN4O. The van der Waals surface area contributed by atoms with E-state index in [-0.39, 0.29) is 35.7 Å². The first-order valence-electron chi connectivity index (χ1n) is 9.67.